The zero-order chi connectivity index (χ0) is 18.1. The summed E-state index contributed by atoms with van der Waals surface area (Å²) in [5.74, 6) is -0.0130. The maximum Gasteiger partial charge on any atom is 0.261 e. The summed E-state index contributed by atoms with van der Waals surface area (Å²) in [6, 6.07) is 6.41. The topological polar surface area (TPSA) is 45.2 Å². The number of pyridine rings is 1. The van der Waals surface area contributed by atoms with Crippen LogP contribution in [0.25, 0.3) is 10.2 Å². The smallest absolute Gasteiger partial charge is 0.261 e. The van der Waals surface area contributed by atoms with Crippen molar-refractivity contribution in [2.24, 2.45) is 0 Å². The Hall–Kier alpha value is -1.76. The quantitative estimate of drug-likeness (QED) is 0.725. The number of thiophene rings is 2. The Kier molecular flexibility index (Phi) is 5.22. The van der Waals surface area contributed by atoms with Gasteiger partial charge in [-0.05, 0) is 63.5 Å². The summed E-state index contributed by atoms with van der Waals surface area (Å²) in [7, 11) is 4.08. The van der Waals surface area contributed by atoms with E-state index in [2.05, 4.69) is 39.6 Å². The lowest BCUT2D eigenvalue weighted by atomic mass is 10.1. The fourth-order valence-corrected chi connectivity index (χ4v) is 5.27. The van der Waals surface area contributed by atoms with Crippen LogP contribution < -0.4 is 5.32 Å². The first-order valence-electron chi connectivity index (χ1n) is 8.24. The van der Waals surface area contributed by atoms with Crippen LogP contribution in [-0.2, 0) is 0 Å². The first-order chi connectivity index (χ1) is 11.9. The molecular formula is C19H23N3OS2. The third-order valence-electron chi connectivity index (χ3n) is 4.38. The average molecular weight is 374 g/mol. The number of fused-ring (bicyclic) bond motifs is 1. The molecule has 6 heteroatoms. The third-order valence-corrected chi connectivity index (χ3v) is 6.54. The predicted molar refractivity (Wildman–Crippen MR) is 107 cm³/mol. The normalized spacial score (nSPS) is 12.7. The summed E-state index contributed by atoms with van der Waals surface area (Å²) in [4.78, 5) is 22.5. The van der Waals surface area contributed by atoms with Gasteiger partial charge in [-0.15, -0.1) is 22.7 Å². The third kappa shape index (κ3) is 3.61. The van der Waals surface area contributed by atoms with E-state index in [1.807, 2.05) is 34.0 Å². The molecule has 0 aliphatic carbocycles. The molecule has 3 rings (SSSR count). The van der Waals surface area contributed by atoms with Crippen molar-refractivity contribution in [3.05, 3.63) is 50.2 Å². The van der Waals surface area contributed by atoms with Crippen LogP contribution in [0.2, 0.25) is 0 Å². The molecule has 0 fully saturated rings. The maximum absolute atomic E-state index is 12.8. The standard InChI is InChI=1S/C19H23N3OS2/c1-11-9-12(2)21-19-16(11)13(3)17(25-19)18(23)20-10-14(22(4)5)15-7-6-8-24-15/h6-9,14H,10H2,1-5H3,(H,20,23). The molecule has 1 N–H and O–H groups in total. The summed E-state index contributed by atoms with van der Waals surface area (Å²) in [5.41, 5.74) is 3.20. The number of aryl methyl sites for hydroxylation is 3. The van der Waals surface area contributed by atoms with Gasteiger partial charge in [0.05, 0.1) is 10.9 Å². The van der Waals surface area contributed by atoms with Crippen molar-refractivity contribution in [2.45, 2.75) is 26.8 Å². The van der Waals surface area contributed by atoms with Gasteiger partial charge in [-0.2, -0.15) is 0 Å². The molecule has 132 valence electrons. The molecule has 3 heterocycles. The number of hydrogen-bond donors (Lipinski definition) is 1. The SMILES string of the molecule is Cc1cc(C)c2c(C)c(C(=O)NCC(c3cccs3)N(C)C)sc2n1. The van der Waals surface area contributed by atoms with Crippen LogP contribution in [0.1, 0.15) is 37.4 Å². The lowest BCUT2D eigenvalue weighted by molar-refractivity contribution is 0.0946. The minimum absolute atomic E-state index is 0.0130. The molecule has 0 saturated carbocycles. The number of likely N-dealkylation sites (N-methyl/N-ethyl adjacent to an activating group) is 1. The molecule has 3 aromatic rings. The Bertz CT molecular complexity index is 897. The molecule has 1 atom stereocenters. The number of carbonyl (C=O) groups excluding carboxylic acids is 1. The van der Waals surface area contributed by atoms with Gasteiger partial charge in [-0.3, -0.25) is 4.79 Å². The number of amides is 1. The monoisotopic (exact) mass is 373 g/mol. The number of aromatic nitrogens is 1. The minimum Gasteiger partial charge on any atom is -0.349 e. The Labute approximate surface area is 156 Å². The second kappa shape index (κ2) is 7.23. The van der Waals surface area contributed by atoms with E-state index >= 15 is 0 Å². The van der Waals surface area contributed by atoms with Crippen molar-refractivity contribution in [2.75, 3.05) is 20.6 Å². The van der Waals surface area contributed by atoms with Crippen molar-refractivity contribution in [1.29, 1.82) is 0 Å². The van der Waals surface area contributed by atoms with Crippen LogP contribution in [0, 0.1) is 20.8 Å². The van der Waals surface area contributed by atoms with Crippen molar-refractivity contribution in [3.63, 3.8) is 0 Å². The van der Waals surface area contributed by atoms with Gasteiger partial charge in [-0.1, -0.05) is 6.07 Å². The molecule has 0 bridgehead atoms. The molecule has 25 heavy (non-hydrogen) atoms. The van der Waals surface area contributed by atoms with E-state index < -0.39 is 0 Å². The van der Waals surface area contributed by atoms with Gasteiger partial charge in [0, 0.05) is 22.5 Å². The van der Waals surface area contributed by atoms with Gasteiger partial charge in [0.1, 0.15) is 4.83 Å². The highest BCUT2D eigenvalue weighted by atomic mass is 32.1. The molecule has 0 aliphatic heterocycles. The molecule has 1 amide bonds. The van der Waals surface area contributed by atoms with Gasteiger partial charge < -0.3 is 10.2 Å². The van der Waals surface area contributed by atoms with Crippen LogP contribution in [0.3, 0.4) is 0 Å². The highest BCUT2D eigenvalue weighted by Gasteiger charge is 2.20. The second-order valence-electron chi connectivity index (χ2n) is 6.52. The average Bonchev–Trinajstić information content (AvgIpc) is 3.15. The van der Waals surface area contributed by atoms with Crippen molar-refractivity contribution < 1.29 is 4.79 Å². The number of hydrogen-bond acceptors (Lipinski definition) is 5. The Morgan fingerprint density at radius 3 is 2.72 bits per heavy atom. The Morgan fingerprint density at radius 2 is 2.08 bits per heavy atom. The zero-order valence-electron chi connectivity index (χ0n) is 15.2. The van der Waals surface area contributed by atoms with Gasteiger partial charge in [0.2, 0.25) is 0 Å². The van der Waals surface area contributed by atoms with E-state index in [1.54, 1.807) is 11.3 Å². The Morgan fingerprint density at radius 1 is 1.32 bits per heavy atom. The largest absolute Gasteiger partial charge is 0.349 e. The second-order valence-corrected chi connectivity index (χ2v) is 8.50. The zero-order valence-corrected chi connectivity index (χ0v) is 16.8. The number of nitrogens with zero attached hydrogens (tertiary/aromatic N) is 2. The summed E-state index contributed by atoms with van der Waals surface area (Å²) in [6.45, 7) is 6.67. The summed E-state index contributed by atoms with van der Waals surface area (Å²) in [5, 5.41) is 6.30. The first kappa shape index (κ1) is 18.0. The van der Waals surface area contributed by atoms with E-state index in [-0.39, 0.29) is 11.9 Å². The van der Waals surface area contributed by atoms with Crippen molar-refractivity contribution in [1.82, 2.24) is 15.2 Å². The highest BCUT2D eigenvalue weighted by Crippen LogP contribution is 2.32. The van der Waals surface area contributed by atoms with Crippen LogP contribution in [0.4, 0.5) is 0 Å². The van der Waals surface area contributed by atoms with Crippen LogP contribution in [0.15, 0.2) is 23.6 Å². The van der Waals surface area contributed by atoms with Crippen LogP contribution in [-0.4, -0.2) is 36.4 Å². The predicted octanol–water partition coefficient (Wildman–Crippen LogP) is 4.32. The van der Waals surface area contributed by atoms with Crippen molar-refractivity contribution in [3.8, 4) is 0 Å². The fourth-order valence-electron chi connectivity index (χ4n) is 3.12. The van der Waals surface area contributed by atoms with Gasteiger partial charge in [0.15, 0.2) is 0 Å². The molecular weight excluding hydrogens is 350 g/mol. The molecule has 0 aromatic carbocycles. The minimum atomic E-state index is -0.0130. The number of rotatable bonds is 5. The van der Waals surface area contributed by atoms with Gasteiger partial charge in [0.25, 0.3) is 5.91 Å². The molecule has 1 unspecified atom stereocenters. The summed E-state index contributed by atoms with van der Waals surface area (Å²) < 4.78 is 0. The van der Waals surface area contributed by atoms with E-state index in [0.29, 0.717) is 6.54 Å². The lowest BCUT2D eigenvalue weighted by Crippen LogP contribution is -2.34. The molecule has 4 nitrogen and oxygen atoms in total. The molecule has 3 aromatic heterocycles. The lowest BCUT2D eigenvalue weighted by Gasteiger charge is -2.23. The molecule has 0 spiro atoms. The van der Waals surface area contributed by atoms with Crippen LogP contribution >= 0.6 is 22.7 Å². The number of nitrogens with one attached hydrogen (secondary N) is 1. The van der Waals surface area contributed by atoms with E-state index in [0.717, 1.165) is 26.4 Å². The van der Waals surface area contributed by atoms with Gasteiger partial charge in [-0.25, -0.2) is 4.98 Å². The number of carbonyl (C=O) groups is 1. The van der Waals surface area contributed by atoms with Crippen LogP contribution in [0.5, 0.6) is 0 Å². The van der Waals surface area contributed by atoms with Gasteiger partial charge >= 0.3 is 0 Å². The molecule has 0 saturated heterocycles. The summed E-state index contributed by atoms with van der Waals surface area (Å²) >= 11 is 3.20. The van der Waals surface area contributed by atoms with E-state index in [1.165, 1.54) is 21.8 Å². The fraction of sp³-hybridized carbons (Fsp3) is 0.368. The highest BCUT2D eigenvalue weighted by molar-refractivity contribution is 7.20. The van der Waals surface area contributed by atoms with E-state index in [4.69, 9.17) is 0 Å². The first-order valence-corrected chi connectivity index (χ1v) is 9.93. The summed E-state index contributed by atoms with van der Waals surface area (Å²) in [6.07, 6.45) is 0. The van der Waals surface area contributed by atoms with E-state index in [9.17, 15) is 4.79 Å². The Balaban J connectivity index is 1.83. The maximum atomic E-state index is 12.8. The van der Waals surface area contributed by atoms with Crippen molar-refractivity contribution >= 4 is 38.8 Å². The molecule has 0 radical (unpaired) electrons. The molecule has 0 aliphatic rings.